The Balaban J connectivity index is 1.78. The highest BCUT2D eigenvalue weighted by molar-refractivity contribution is 8.15. The second-order valence-corrected chi connectivity index (χ2v) is 9.29. The number of hydrogen-bond acceptors (Lipinski definition) is 5. The fourth-order valence-electron chi connectivity index (χ4n) is 2.21. The number of rotatable bonds is 4. The van der Waals surface area contributed by atoms with E-state index >= 15 is 0 Å². The quantitative estimate of drug-likeness (QED) is 0.718. The lowest BCUT2D eigenvalue weighted by molar-refractivity contribution is -0.159. The molecule has 1 fully saturated rings. The van der Waals surface area contributed by atoms with Crippen molar-refractivity contribution >= 4 is 46.2 Å². The predicted molar refractivity (Wildman–Crippen MR) is 98.4 cm³/mol. The molecule has 2 rings (SSSR count). The SMILES string of the molecule is CC(C)(C)OC(=O)[C@@H]1CS[C@@H](CSC(=O)c2ccc(Cl)cc2)C1. The largest absolute Gasteiger partial charge is 0.460 e. The van der Waals surface area contributed by atoms with Crippen LogP contribution in [0.1, 0.15) is 37.6 Å². The first-order valence-electron chi connectivity index (χ1n) is 7.52. The van der Waals surface area contributed by atoms with Crippen molar-refractivity contribution in [3.63, 3.8) is 0 Å². The lowest BCUT2D eigenvalue weighted by Crippen LogP contribution is -2.29. The van der Waals surface area contributed by atoms with Crippen molar-refractivity contribution in [1.29, 1.82) is 0 Å². The molecule has 0 aliphatic carbocycles. The summed E-state index contributed by atoms with van der Waals surface area (Å²) >= 11 is 8.88. The first kappa shape index (κ1) is 18.7. The third-order valence-corrected chi connectivity index (χ3v) is 6.26. The van der Waals surface area contributed by atoms with E-state index < -0.39 is 5.60 Å². The van der Waals surface area contributed by atoms with E-state index in [2.05, 4.69) is 0 Å². The van der Waals surface area contributed by atoms with E-state index in [1.54, 1.807) is 36.0 Å². The summed E-state index contributed by atoms with van der Waals surface area (Å²) < 4.78 is 5.44. The molecule has 1 aliphatic rings. The van der Waals surface area contributed by atoms with E-state index in [1.807, 2.05) is 20.8 Å². The van der Waals surface area contributed by atoms with Crippen LogP contribution in [-0.4, -0.2) is 33.4 Å². The number of ether oxygens (including phenoxy) is 1. The number of hydrogen-bond donors (Lipinski definition) is 0. The summed E-state index contributed by atoms with van der Waals surface area (Å²) in [6, 6.07) is 6.92. The lowest BCUT2D eigenvalue weighted by atomic mass is 10.1. The minimum absolute atomic E-state index is 0.0444. The van der Waals surface area contributed by atoms with Gasteiger partial charge < -0.3 is 4.74 Å². The highest BCUT2D eigenvalue weighted by Gasteiger charge is 2.33. The van der Waals surface area contributed by atoms with E-state index in [0.717, 1.165) is 12.2 Å². The number of esters is 1. The zero-order valence-corrected chi connectivity index (χ0v) is 15.9. The minimum Gasteiger partial charge on any atom is -0.460 e. The Bertz CT molecular complexity index is 566. The van der Waals surface area contributed by atoms with Crippen molar-refractivity contribution in [2.45, 2.75) is 38.0 Å². The molecule has 2 atom stereocenters. The maximum absolute atomic E-state index is 12.1. The summed E-state index contributed by atoms with van der Waals surface area (Å²) in [5, 5.41) is 0.981. The second kappa shape index (κ2) is 7.95. The van der Waals surface area contributed by atoms with Gasteiger partial charge in [-0.1, -0.05) is 23.4 Å². The smallest absolute Gasteiger partial charge is 0.310 e. The summed E-state index contributed by atoms with van der Waals surface area (Å²) in [6.07, 6.45) is 0.778. The van der Waals surface area contributed by atoms with E-state index in [0.29, 0.717) is 21.6 Å². The monoisotopic (exact) mass is 372 g/mol. The Kier molecular flexibility index (Phi) is 6.46. The van der Waals surface area contributed by atoms with E-state index in [-0.39, 0.29) is 17.0 Å². The van der Waals surface area contributed by atoms with Gasteiger partial charge in [-0.2, -0.15) is 11.8 Å². The van der Waals surface area contributed by atoms with Gasteiger partial charge in [-0.3, -0.25) is 9.59 Å². The Labute approximate surface area is 150 Å². The first-order chi connectivity index (χ1) is 10.7. The number of carbonyl (C=O) groups excluding carboxylic acids is 2. The summed E-state index contributed by atoms with van der Waals surface area (Å²) in [5.41, 5.74) is 0.213. The fourth-order valence-corrected chi connectivity index (χ4v) is 4.85. The average molecular weight is 373 g/mol. The summed E-state index contributed by atoms with van der Waals surface area (Å²) in [5.74, 6) is 1.30. The van der Waals surface area contributed by atoms with Gasteiger partial charge in [-0.05, 0) is 51.5 Å². The molecular formula is C17H21ClO3S2. The second-order valence-electron chi connectivity index (χ2n) is 6.53. The molecule has 0 aromatic heterocycles. The molecule has 0 spiro atoms. The summed E-state index contributed by atoms with van der Waals surface area (Å²) in [7, 11) is 0. The molecule has 1 aromatic rings. The third kappa shape index (κ3) is 6.05. The molecule has 23 heavy (non-hydrogen) atoms. The molecule has 1 aliphatic heterocycles. The van der Waals surface area contributed by atoms with Crippen LogP contribution in [0.15, 0.2) is 24.3 Å². The lowest BCUT2D eigenvalue weighted by Gasteiger charge is -2.21. The standard InChI is InChI=1S/C17H21ClO3S2/c1-17(2,3)21-15(19)12-8-14(22-9-12)10-23-16(20)11-4-6-13(18)7-5-11/h4-7,12,14H,8-10H2,1-3H3/t12-,14+/m0/s1. The molecule has 0 N–H and O–H groups in total. The number of halogens is 1. The van der Waals surface area contributed by atoms with Crippen molar-refractivity contribution in [3.05, 3.63) is 34.9 Å². The van der Waals surface area contributed by atoms with Gasteiger partial charge in [0.1, 0.15) is 5.60 Å². The number of carbonyl (C=O) groups is 2. The molecule has 3 nitrogen and oxygen atoms in total. The Morgan fingerprint density at radius 1 is 1.30 bits per heavy atom. The number of benzene rings is 1. The molecule has 0 bridgehead atoms. The average Bonchev–Trinajstić information content (AvgIpc) is 2.93. The highest BCUT2D eigenvalue weighted by atomic mass is 35.5. The van der Waals surface area contributed by atoms with Crippen LogP contribution in [-0.2, 0) is 9.53 Å². The zero-order valence-electron chi connectivity index (χ0n) is 13.5. The van der Waals surface area contributed by atoms with Crippen LogP contribution < -0.4 is 0 Å². The Hall–Kier alpha value is -0.650. The van der Waals surface area contributed by atoms with Gasteiger partial charge in [0.15, 0.2) is 0 Å². The van der Waals surface area contributed by atoms with E-state index in [4.69, 9.17) is 16.3 Å². The van der Waals surface area contributed by atoms with Gasteiger partial charge in [0.25, 0.3) is 0 Å². The van der Waals surface area contributed by atoms with Crippen LogP contribution in [0.4, 0.5) is 0 Å². The van der Waals surface area contributed by atoms with Crippen LogP contribution in [0.2, 0.25) is 5.02 Å². The fraction of sp³-hybridized carbons (Fsp3) is 0.529. The van der Waals surface area contributed by atoms with Gasteiger partial charge >= 0.3 is 5.97 Å². The van der Waals surface area contributed by atoms with Gasteiger partial charge in [-0.25, -0.2) is 0 Å². The molecule has 6 heteroatoms. The third-order valence-electron chi connectivity index (χ3n) is 3.30. The van der Waals surface area contributed by atoms with Gasteiger partial charge in [0.05, 0.1) is 5.92 Å². The molecule has 0 unspecified atom stereocenters. The van der Waals surface area contributed by atoms with Crippen LogP contribution in [0.3, 0.4) is 0 Å². The molecule has 1 aromatic carbocycles. The summed E-state index contributed by atoms with van der Waals surface area (Å²) in [6.45, 7) is 5.64. The minimum atomic E-state index is -0.445. The predicted octanol–water partition coefficient (Wildman–Crippen LogP) is 4.68. The number of thioether (sulfide) groups is 2. The van der Waals surface area contributed by atoms with Crippen molar-refractivity contribution in [3.8, 4) is 0 Å². The first-order valence-corrected chi connectivity index (χ1v) is 9.93. The maximum atomic E-state index is 12.1. The molecule has 1 saturated heterocycles. The molecule has 0 saturated carbocycles. The van der Waals surface area contributed by atoms with Gasteiger partial charge in [0.2, 0.25) is 5.12 Å². The highest BCUT2D eigenvalue weighted by Crippen LogP contribution is 2.35. The normalized spacial score (nSPS) is 21.2. The van der Waals surface area contributed by atoms with Crippen molar-refractivity contribution in [1.82, 2.24) is 0 Å². The molecule has 0 radical (unpaired) electrons. The van der Waals surface area contributed by atoms with Crippen molar-refractivity contribution in [2.24, 2.45) is 5.92 Å². The molecule has 0 amide bonds. The molecule has 126 valence electrons. The van der Waals surface area contributed by atoms with Crippen molar-refractivity contribution < 1.29 is 14.3 Å². The van der Waals surface area contributed by atoms with E-state index in [9.17, 15) is 9.59 Å². The summed E-state index contributed by atoms with van der Waals surface area (Å²) in [4.78, 5) is 24.2. The van der Waals surface area contributed by atoms with Crippen LogP contribution in [0.5, 0.6) is 0 Å². The van der Waals surface area contributed by atoms with Gasteiger partial charge in [0, 0.05) is 27.3 Å². The Morgan fingerprint density at radius 3 is 2.57 bits per heavy atom. The van der Waals surface area contributed by atoms with Crippen molar-refractivity contribution in [2.75, 3.05) is 11.5 Å². The van der Waals surface area contributed by atoms with Crippen LogP contribution in [0, 0.1) is 5.92 Å². The molecule has 1 heterocycles. The van der Waals surface area contributed by atoms with Crippen LogP contribution in [0.25, 0.3) is 0 Å². The molecular weight excluding hydrogens is 352 g/mol. The topological polar surface area (TPSA) is 43.4 Å². The maximum Gasteiger partial charge on any atom is 0.310 e. The Morgan fingerprint density at radius 2 is 1.96 bits per heavy atom. The van der Waals surface area contributed by atoms with Gasteiger partial charge in [-0.15, -0.1) is 0 Å². The van der Waals surface area contributed by atoms with E-state index in [1.165, 1.54) is 11.8 Å². The van der Waals surface area contributed by atoms with Crippen LogP contribution >= 0.6 is 35.1 Å². The zero-order chi connectivity index (χ0) is 17.0.